The number of nitrogens with zero attached hydrogens (tertiary/aromatic N) is 3. The molecule has 1 N–H and O–H groups in total. The molecule has 40 heavy (non-hydrogen) atoms. The van der Waals surface area contributed by atoms with Crippen LogP contribution in [0.1, 0.15) is 59.7 Å². The summed E-state index contributed by atoms with van der Waals surface area (Å²) in [5.74, 6) is 0.455. The van der Waals surface area contributed by atoms with E-state index in [9.17, 15) is 9.59 Å². The molecule has 9 heteroatoms. The maximum atomic E-state index is 14.5. The van der Waals surface area contributed by atoms with Gasteiger partial charge >= 0.3 is 0 Å². The molecular weight excluding hydrogens is 547 g/mol. The highest BCUT2D eigenvalue weighted by Gasteiger charge is 2.64. The number of halogens is 2. The maximum absolute atomic E-state index is 14.5. The van der Waals surface area contributed by atoms with E-state index in [-0.39, 0.29) is 23.6 Å². The molecule has 1 atom stereocenters. The third-order valence-corrected chi connectivity index (χ3v) is 8.25. The number of carbonyl (C=O) groups excluding carboxylic acids is 2. The molecule has 7 nitrogen and oxygen atoms in total. The minimum Gasteiger partial charge on any atom is -0.496 e. The molecule has 3 aromatic carbocycles. The van der Waals surface area contributed by atoms with E-state index in [1.165, 1.54) is 0 Å². The number of fused-ring (bicyclic) bond motifs is 4. The second kappa shape index (κ2) is 9.39. The highest BCUT2D eigenvalue weighted by atomic mass is 35.5. The summed E-state index contributed by atoms with van der Waals surface area (Å²) in [6.45, 7) is 8.00. The predicted octanol–water partition coefficient (Wildman–Crippen LogP) is 7.17. The smallest absolute Gasteiger partial charge is 0.280 e. The fourth-order valence-corrected chi connectivity index (χ4v) is 6.31. The molecule has 6 rings (SSSR count). The van der Waals surface area contributed by atoms with Crippen LogP contribution in [0.3, 0.4) is 0 Å². The molecule has 2 aliphatic heterocycles. The van der Waals surface area contributed by atoms with Crippen molar-refractivity contribution in [2.45, 2.75) is 45.7 Å². The van der Waals surface area contributed by atoms with Gasteiger partial charge in [-0.1, -0.05) is 48.3 Å². The van der Waals surface area contributed by atoms with E-state index in [4.69, 9.17) is 32.9 Å². The molecule has 4 aromatic rings. The van der Waals surface area contributed by atoms with Crippen molar-refractivity contribution >= 4 is 46.4 Å². The first-order valence-electron chi connectivity index (χ1n) is 13.2. The SMILES string of the molecule is CCc1ccc(OC)c(-c2nc3c(n2C(C)C)C2(C(=O)Nc4cc(Cl)ccc42)N(c2cc(Cl)ccc2C)C3=O)c1. The lowest BCUT2D eigenvalue weighted by molar-refractivity contribution is -0.119. The highest BCUT2D eigenvalue weighted by Crippen LogP contribution is 2.55. The van der Waals surface area contributed by atoms with Crippen LogP contribution < -0.4 is 15.0 Å². The van der Waals surface area contributed by atoms with Gasteiger partial charge < -0.3 is 14.6 Å². The summed E-state index contributed by atoms with van der Waals surface area (Å²) in [5, 5.41) is 3.94. The van der Waals surface area contributed by atoms with Gasteiger partial charge in [-0.05, 0) is 74.7 Å². The third kappa shape index (κ3) is 3.54. The van der Waals surface area contributed by atoms with E-state index >= 15 is 0 Å². The van der Waals surface area contributed by atoms with Gasteiger partial charge in [0, 0.05) is 27.3 Å². The van der Waals surface area contributed by atoms with Crippen molar-refractivity contribution < 1.29 is 14.3 Å². The average Bonchev–Trinajstić information content (AvgIpc) is 3.53. The fraction of sp³-hybridized carbons (Fsp3) is 0.258. The molecule has 2 aliphatic rings. The molecule has 0 aliphatic carbocycles. The van der Waals surface area contributed by atoms with E-state index < -0.39 is 5.54 Å². The number of imidazole rings is 1. The monoisotopic (exact) mass is 574 g/mol. The summed E-state index contributed by atoms with van der Waals surface area (Å²) in [6.07, 6.45) is 0.820. The summed E-state index contributed by atoms with van der Waals surface area (Å²) >= 11 is 12.8. The van der Waals surface area contributed by atoms with Crippen LogP contribution in [-0.2, 0) is 16.8 Å². The first-order chi connectivity index (χ1) is 19.1. The van der Waals surface area contributed by atoms with Crippen LogP contribution in [0.5, 0.6) is 5.75 Å². The molecule has 1 unspecified atom stereocenters. The van der Waals surface area contributed by atoms with Gasteiger partial charge in [0.2, 0.25) is 0 Å². The molecule has 0 fully saturated rings. The number of amides is 2. The quantitative estimate of drug-likeness (QED) is 0.274. The topological polar surface area (TPSA) is 76.5 Å². The van der Waals surface area contributed by atoms with E-state index in [0.717, 1.165) is 23.1 Å². The predicted molar refractivity (Wildman–Crippen MR) is 158 cm³/mol. The Morgan fingerprint density at radius 2 is 1.75 bits per heavy atom. The van der Waals surface area contributed by atoms with E-state index in [2.05, 4.69) is 12.2 Å². The van der Waals surface area contributed by atoms with Gasteiger partial charge in [0.15, 0.2) is 11.2 Å². The standard InChI is InChI=1S/C31H28Cl2N4O3/c1-6-18-8-12-25(40-5)21(13-18)28-35-26-27(36(28)16(2)3)31(22-11-10-19(32)14-23(22)34-30(31)39)37(29(26)38)24-15-20(33)9-7-17(24)4/h7-16H,6H2,1-5H3,(H,34,39). The molecule has 0 saturated carbocycles. The minimum absolute atomic E-state index is 0.157. The van der Waals surface area contributed by atoms with Gasteiger partial charge in [-0.2, -0.15) is 0 Å². The normalized spacial score (nSPS) is 17.6. The number of anilines is 2. The Bertz CT molecular complexity index is 1730. The zero-order valence-electron chi connectivity index (χ0n) is 22.8. The molecule has 3 heterocycles. The summed E-state index contributed by atoms with van der Waals surface area (Å²) in [5.41, 5.74) is 3.55. The van der Waals surface area contributed by atoms with Gasteiger partial charge in [0.1, 0.15) is 11.6 Å². The Labute approximate surface area is 242 Å². The number of benzene rings is 3. The second-order valence-electron chi connectivity index (χ2n) is 10.4. The Hall–Kier alpha value is -3.81. The van der Waals surface area contributed by atoms with Crippen molar-refractivity contribution in [3.8, 4) is 17.1 Å². The van der Waals surface area contributed by atoms with Crippen LogP contribution in [0.2, 0.25) is 10.0 Å². The number of rotatable bonds is 5. The van der Waals surface area contributed by atoms with Crippen molar-refractivity contribution in [3.05, 3.63) is 92.7 Å². The Morgan fingerprint density at radius 3 is 2.45 bits per heavy atom. The van der Waals surface area contributed by atoms with Gasteiger partial charge in [-0.3, -0.25) is 14.5 Å². The van der Waals surface area contributed by atoms with Crippen molar-refractivity contribution in [3.63, 3.8) is 0 Å². The van der Waals surface area contributed by atoms with Crippen LogP contribution in [-0.4, -0.2) is 28.5 Å². The number of hydrogen-bond donors (Lipinski definition) is 1. The van der Waals surface area contributed by atoms with Crippen molar-refractivity contribution in [2.24, 2.45) is 0 Å². The maximum Gasteiger partial charge on any atom is 0.280 e. The van der Waals surface area contributed by atoms with Crippen LogP contribution in [0.4, 0.5) is 11.4 Å². The minimum atomic E-state index is -1.53. The third-order valence-electron chi connectivity index (χ3n) is 7.78. The second-order valence-corrected chi connectivity index (χ2v) is 11.3. The number of methoxy groups -OCH3 is 1. The summed E-state index contributed by atoms with van der Waals surface area (Å²) in [6, 6.07) is 16.4. The van der Waals surface area contributed by atoms with E-state index in [1.807, 2.05) is 49.6 Å². The first-order valence-corrected chi connectivity index (χ1v) is 13.9. The first kappa shape index (κ1) is 26.4. The van der Waals surface area contributed by atoms with Gasteiger partial charge in [-0.25, -0.2) is 4.98 Å². The van der Waals surface area contributed by atoms with Crippen LogP contribution in [0.15, 0.2) is 54.6 Å². The van der Waals surface area contributed by atoms with Crippen LogP contribution in [0.25, 0.3) is 11.4 Å². The lowest BCUT2D eigenvalue weighted by Crippen LogP contribution is -2.51. The van der Waals surface area contributed by atoms with E-state index in [0.29, 0.717) is 44.3 Å². The van der Waals surface area contributed by atoms with Crippen molar-refractivity contribution in [1.29, 1.82) is 0 Å². The zero-order chi connectivity index (χ0) is 28.5. The van der Waals surface area contributed by atoms with Gasteiger partial charge in [-0.15, -0.1) is 0 Å². The summed E-state index contributed by atoms with van der Waals surface area (Å²) in [7, 11) is 1.61. The molecule has 1 aromatic heterocycles. The molecule has 2 amide bonds. The number of nitrogens with one attached hydrogen (secondary N) is 1. The fourth-order valence-electron chi connectivity index (χ4n) is 5.98. The molecular formula is C31H28Cl2N4O3. The molecule has 1 spiro atoms. The average molecular weight is 575 g/mol. The van der Waals surface area contributed by atoms with Gasteiger partial charge in [0.25, 0.3) is 11.8 Å². The van der Waals surface area contributed by atoms with Crippen molar-refractivity contribution in [1.82, 2.24) is 9.55 Å². The lowest BCUT2D eigenvalue weighted by Gasteiger charge is -2.36. The number of hydrogen-bond acceptors (Lipinski definition) is 4. The van der Waals surface area contributed by atoms with Crippen LogP contribution >= 0.6 is 23.2 Å². The zero-order valence-corrected chi connectivity index (χ0v) is 24.3. The Morgan fingerprint density at radius 1 is 1.02 bits per heavy atom. The van der Waals surface area contributed by atoms with Crippen molar-refractivity contribution in [2.75, 3.05) is 17.3 Å². The van der Waals surface area contributed by atoms with E-state index in [1.54, 1.807) is 42.3 Å². The number of ether oxygens (including phenoxy) is 1. The molecule has 0 radical (unpaired) electrons. The Kier molecular flexibility index (Phi) is 6.20. The summed E-state index contributed by atoms with van der Waals surface area (Å²) < 4.78 is 7.72. The molecule has 204 valence electrons. The lowest BCUT2D eigenvalue weighted by atomic mass is 9.86. The largest absolute Gasteiger partial charge is 0.496 e. The molecule has 0 bridgehead atoms. The van der Waals surface area contributed by atoms with Crippen LogP contribution in [0, 0.1) is 6.92 Å². The summed E-state index contributed by atoms with van der Waals surface area (Å²) in [4.78, 5) is 35.4. The number of aryl methyl sites for hydroxylation is 2. The molecule has 0 saturated heterocycles. The van der Waals surface area contributed by atoms with Gasteiger partial charge in [0.05, 0.1) is 24.1 Å². The number of carbonyl (C=O) groups is 2. The highest BCUT2D eigenvalue weighted by molar-refractivity contribution is 6.32. The number of aromatic nitrogens is 2. The Balaban J connectivity index is 1.74.